The maximum atomic E-state index is 6.05. The van der Waals surface area contributed by atoms with Gasteiger partial charge in [0.15, 0.2) is 0 Å². The minimum atomic E-state index is 0.403. The lowest BCUT2D eigenvalue weighted by Crippen LogP contribution is -2.20. The summed E-state index contributed by atoms with van der Waals surface area (Å²) in [5.74, 6) is 0. The molecule has 0 saturated carbocycles. The van der Waals surface area contributed by atoms with Crippen molar-refractivity contribution in [1.82, 2.24) is 10.3 Å². The van der Waals surface area contributed by atoms with Crippen LogP contribution in [-0.4, -0.2) is 17.6 Å². The molecule has 3 rings (SSSR count). The van der Waals surface area contributed by atoms with Crippen LogP contribution in [-0.2, 0) is 6.54 Å². The van der Waals surface area contributed by atoms with Crippen molar-refractivity contribution in [3.63, 3.8) is 0 Å². The first kappa shape index (κ1) is 17.7. The molecule has 4 heteroatoms. The molecule has 0 bridgehead atoms. The molecule has 130 valence electrons. The van der Waals surface area contributed by atoms with Crippen LogP contribution >= 0.6 is 11.6 Å². The van der Waals surface area contributed by atoms with Crippen LogP contribution in [0.5, 0.6) is 0 Å². The summed E-state index contributed by atoms with van der Waals surface area (Å²) in [5, 5.41) is 8.94. The molecule has 0 radical (unpaired) electrons. The summed E-state index contributed by atoms with van der Waals surface area (Å²) in [6.45, 7) is 4.17. The van der Waals surface area contributed by atoms with Gasteiger partial charge in [0.25, 0.3) is 0 Å². The van der Waals surface area contributed by atoms with E-state index < -0.39 is 0 Å². The number of aromatic nitrogens is 1. The highest BCUT2D eigenvalue weighted by Gasteiger charge is 2.06. The Morgan fingerprint density at radius 3 is 2.76 bits per heavy atom. The van der Waals surface area contributed by atoms with E-state index in [4.69, 9.17) is 11.6 Å². The van der Waals surface area contributed by atoms with E-state index in [2.05, 4.69) is 46.8 Å². The summed E-state index contributed by atoms with van der Waals surface area (Å²) >= 11 is 6.05. The van der Waals surface area contributed by atoms with Crippen LogP contribution in [0.2, 0.25) is 5.02 Å². The molecule has 3 nitrogen and oxygen atoms in total. The SMILES string of the molecule is CC(CCCNCc1ccccc1)Nc1ccnc2cc(Cl)ccc12. The van der Waals surface area contributed by atoms with Crippen molar-refractivity contribution >= 4 is 28.2 Å². The zero-order chi connectivity index (χ0) is 17.5. The average molecular weight is 354 g/mol. The maximum absolute atomic E-state index is 6.05. The summed E-state index contributed by atoms with van der Waals surface area (Å²) in [5.41, 5.74) is 3.37. The average Bonchev–Trinajstić information content (AvgIpc) is 2.62. The lowest BCUT2D eigenvalue weighted by atomic mass is 10.1. The molecule has 0 spiro atoms. The van der Waals surface area contributed by atoms with E-state index >= 15 is 0 Å². The van der Waals surface area contributed by atoms with Gasteiger partial charge in [0.1, 0.15) is 0 Å². The topological polar surface area (TPSA) is 37.0 Å². The number of fused-ring (bicyclic) bond motifs is 1. The van der Waals surface area contributed by atoms with Crippen LogP contribution in [0.3, 0.4) is 0 Å². The highest BCUT2D eigenvalue weighted by molar-refractivity contribution is 6.31. The number of pyridine rings is 1. The second kappa shape index (κ2) is 8.84. The highest BCUT2D eigenvalue weighted by Crippen LogP contribution is 2.25. The van der Waals surface area contributed by atoms with Crippen LogP contribution in [0.15, 0.2) is 60.8 Å². The Kier molecular flexibility index (Phi) is 6.26. The van der Waals surface area contributed by atoms with E-state index in [-0.39, 0.29) is 0 Å². The minimum Gasteiger partial charge on any atom is -0.382 e. The van der Waals surface area contributed by atoms with Gasteiger partial charge in [0.05, 0.1) is 5.52 Å². The maximum Gasteiger partial charge on any atom is 0.0737 e. The Bertz CT molecular complexity index is 805. The van der Waals surface area contributed by atoms with Crippen LogP contribution in [0.1, 0.15) is 25.3 Å². The summed E-state index contributed by atoms with van der Waals surface area (Å²) < 4.78 is 0. The molecule has 0 fully saturated rings. The van der Waals surface area contributed by atoms with Crippen LogP contribution < -0.4 is 10.6 Å². The molecule has 25 heavy (non-hydrogen) atoms. The molecule has 0 saturated heterocycles. The van der Waals surface area contributed by atoms with E-state index in [0.717, 1.165) is 47.5 Å². The van der Waals surface area contributed by atoms with E-state index in [9.17, 15) is 0 Å². The Morgan fingerprint density at radius 1 is 1.08 bits per heavy atom. The largest absolute Gasteiger partial charge is 0.382 e. The van der Waals surface area contributed by atoms with Crippen molar-refractivity contribution < 1.29 is 0 Å². The van der Waals surface area contributed by atoms with Gasteiger partial charge >= 0.3 is 0 Å². The summed E-state index contributed by atoms with van der Waals surface area (Å²) in [6.07, 6.45) is 4.07. The molecule has 0 aliphatic carbocycles. The van der Waals surface area contributed by atoms with Crippen molar-refractivity contribution in [2.45, 2.75) is 32.4 Å². The smallest absolute Gasteiger partial charge is 0.0737 e. The van der Waals surface area contributed by atoms with Gasteiger partial charge in [-0.15, -0.1) is 0 Å². The Labute approximate surface area is 154 Å². The highest BCUT2D eigenvalue weighted by atomic mass is 35.5. The van der Waals surface area contributed by atoms with Crippen molar-refractivity contribution in [3.05, 3.63) is 71.4 Å². The van der Waals surface area contributed by atoms with Gasteiger partial charge in [0, 0.05) is 34.9 Å². The van der Waals surface area contributed by atoms with E-state index in [0.29, 0.717) is 6.04 Å². The zero-order valence-corrected chi connectivity index (χ0v) is 15.3. The van der Waals surface area contributed by atoms with E-state index in [1.54, 1.807) is 0 Å². The predicted octanol–water partition coefficient (Wildman–Crippen LogP) is 5.26. The first-order chi connectivity index (χ1) is 12.2. The molecule has 1 aromatic heterocycles. The molecule has 2 aromatic carbocycles. The molecule has 3 aromatic rings. The number of benzene rings is 2. The molecule has 1 atom stereocenters. The third kappa shape index (κ3) is 5.18. The fourth-order valence-corrected chi connectivity index (χ4v) is 3.11. The van der Waals surface area contributed by atoms with Gasteiger partial charge < -0.3 is 10.6 Å². The number of anilines is 1. The fourth-order valence-electron chi connectivity index (χ4n) is 2.95. The Morgan fingerprint density at radius 2 is 1.92 bits per heavy atom. The van der Waals surface area contributed by atoms with Crippen molar-refractivity contribution in [2.24, 2.45) is 0 Å². The van der Waals surface area contributed by atoms with Crippen LogP contribution in [0.4, 0.5) is 5.69 Å². The molecule has 0 aliphatic rings. The number of halogens is 1. The lowest BCUT2D eigenvalue weighted by molar-refractivity contribution is 0.591. The Balaban J connectivity index is 1.46. The first-order valence-electron chi connectivity index (χ1n) is 8.78. The predicted molar refractivity (Wildman–Crippen MR) is 107 cm³/mol. The molecule has 0 aliphatic heterocycles. The van der Waals surface area contributed by atoms with Gasteiger partial charge in [0.2, 0.25) is 0 Å². The lowest BCUT2D eigenvalue weighted by Gasteiger charge is -2.17. The number of nitrogens with one attached hydrogen (secondary N) is 2. The summed E-state index contributed by atoms with van der Waals surface area (Å²) in [4.78, 5) is 4.39. The van der Waals surface area contributed by atoms with Crippen molar-refractivity contribution in [2.75, 3.05) is 11.9 Å². The zero-order valence-electron chi connectivity index (χ0n) is 14.5. The second-order valence-corrected chi connectivity index (χ2v) is 6.81. The van der Waals surface area contributed by atoms with E-state index in [1.807, 2.05) is 36.5 Å². The molecular weight excluding hydrogens is 330 g/mol. The second-order valence-electron chi connectivity index (χ2n) is 6.37. The number of rotatable bonds is 8. The number of hydrogen-bond donors (Lipinski definition) is 2. The fraction of sp³-hybridized carbons (Fsp3) is 0.286. The number of nitrogens with zero attached hydrogens (tertiary/aromatic N) is 1. The van der Waals surface area contributed by atoms with Crippen molar-refractivity contribution in [1.29, 1.82) is 0 Å². The molecular formula is C21H24ClN3. The summed E-state index contributed by atoms with van der Waals surface area (Å²) in [6, 6.07) is 18.8. The van der Waals surface area contributed by atoms with Gasteiger partial charge in [-0.1, -0.05) is 41.9 Å². The van der Waals surface area contributed by atoms with E-state index in [1.165, 1.54) is 5.56 Å². The molecule has 2 N–H and O–H groups in total. The number of hydrogen-bond acceptors (Lipinski definition) is 3. The van der Waals surface area contributed by atoms with Crippen molar-refractivity contribution in [3.8, 4) is 0 Å². The molecule has 0 amide bonds. The van der Waals surface area contributed by atoms with Gasteiger partial charge in [-0.05, 0) is 56.1 Å². The third-order valence-electron chi connectivity index (χ3n) is 4.27. The third-order valence-corrected chi connectivity index (χ3v) is 4.50. The normalized spacial score (nSPS) is 12.2. The minimum absolute atomic E-state index is 0.403. The van der Waals surface area contributed by atoms with Gasteiger partial charge in [-0.2, -0.15) is 0 Å². The summed E-state index contributed by atoms with van der Waals surface area (Å²) in [7, 11) is 0. The monoisotopic (exact) mass is 353 g/mol. The molecule has 1 heterocycles. The van der Waals surface area contributed by atoms with Gasteiger partial charge in [-0.25, -0.2) is 0 Å². The van der Waals surface area contributed by atoms with Crippen LogP contribution in [0, 0.1) is 0 Å². The van der Waals surface area contributed by atoms with Gasteiger partial charge in [-0.3, -0.25) is 4.98 Å². The first-order valence-corrected chi connectivity index (χ1v) is 9.15. The Hall–Kier alpha value is -2.10. The molecule has 1 unspecified atom stereocenters. The quantitative estimate of drug-likeness (QED) is 0.542. The standard InChI is InChI=1S/C21H24ClN3/c1-16(6-5-12-23-15-17-7-3-2-4-8-17)25-20-11-13-24-21-14-18(22)9-10-19(20)21/h2-4,7-11,13-14,16,23H,5-6,12,15H2,1H3,(H,24,25). The van der Waals surface area contributed by atoms with Crippen LogP contribution in [0.25, 0.3) is 10.9 Å².